The zero-order chi connectivity index (χ0) is 6.91. The number of allylic oxidation sites excluding steroid dienone is 1. The van der Waals surface area contributed by atoms with E-state index in [4.69, 9.17) is 9.47 Å². The highest BCUT2D eigenvalue weighted by Gasteiger charge is 2.26. The molecule has 0 radical (unpaired) electrons. The van der Waals surface area contributed by atoms with Crippen LogP contribution in [0.5, 0.6) is 0 Å². The summed E-state index contributed by atoms with van der Waals surface area (Å²) >= 11 is 3.25. The van der Waals surface area contributed by atoms with Crippen LogP contribution in [0.25, 0.3) is 0 Å². The van der Waals surface area contributed by atoms with E-state index in [1.165, 1.54) is 0 Å². The van der Waals surface area contributed by atoms with Crippen molar-refractivity contribution in [3.63, 3.8) is 0 Å². The fraction of sp³-hybridized carbons (Fsp3) is 0.667. The van der Waals surface area contributed by atoms with Crippen LogP contribution >= 0.6 is 15.9 Å². The van der Waals surface area contributed by atoms with Crippen molar-refractivity contribution in [3.05, 3.63) is 12.0 Å². The molecule has 0 saturated carbocycles. The van der Waals surface area contributed by atoms with Crippen molar-refractivity contribution >= 4 is 15.9 Å². The van der Waals surface area contributed by atoms with Gasteiger partial charge in [0, 0.05) is 13.8 Å². The fourth-order valence-electron chi connectivity index (χ4n) is 0.630. The lowest BCUT2D eigenvalue weighted by atomic mass is 10.4. The summed E-state index contributed by atoms with van der Waals surface area (Å²) in [6.07, 6.45) is 1.63. The predicted octanol–water partition coefficient (Wildman–Crippen LogP) is 2.01. The van der Waals surface area contributed by atoms with Crippen molar-refractivity contribution < 1.29 is 9.47 Å². The lowest BCUT2D eigenvalue weighted by Gasteiger charge is -2.17. The quantitative estimate of drug-likeness (QED) is 0.593. The predicted molar refractivity (Wildman–Crippen MR) is 38.1 cm³/mol. The smallest absolute Gasteiger partial charge is 0.244 e. The van der Waals surface area contributed by atoms with Crippen LogP contribution in [0, 0.1) is 0 Å². The Morgan fingerprint density at radius 3 is 2.56 bits per heavy atom. The first-order chi connectivity index (χ1) is 4.14. The third-order valence-electron chi connectivity index (χ3n) is 0.983. The van der Waals surface area contributed by atoms with Gasteiger partial charge in [0.25, 0.3) is 0 Å². The van der Waals surface area contributed by atoms with E-state index in [-0.39, 0.29) is 0 Å². The van der Waals surface area contributed by atoms with Gasteiger partial charge in [-0.2, -0.15) is 0 Å². The highest BCUT2D eigenvalue weighted by molar-refractivity contribution is 9.09. The molecule has 0 aromatic heterocycles. The summed E-state index contributed by atoms with van der Waals surface area (Å²) in [7, 11) is 0. The number of halogens is 1. The summed E-state index contributed by atoms with van der Waals surface area (Å²) in [6.45, 7) is 3.75. The molecular weight excluding hydrogens is 184 g/mol. The van der Waals surface area contributed by atoms with Gasteiger partial charge < -0.3 is 9.47 Å². The summed E-state index contributed by atoms with van der Waals surface area (Å²) in [6, 6.07) is 0. The molecule has 0 spiro atoms. The Morgan fingerprint density at radius 2 is 2.33 bits per heavy atom. The van der Waals surface area contributed by atoms with Crippen LogP contribution < -0.4 is 0 Å². The zero-order valence-electron chi connectivity index (χ0n) is 5.48. The average Bonchev–Trinajstić information content (AvgIpc) is 2.10. The van der Waals surface area contributed by atoms with E-state index < -0.39 is 5.79 Å². The van der Waals surface area contributed by atoms with Gasteiger partial charge in [-0.3, -0.25) is 0 Å². The van der Waals surface area contributed by atoms with Gasteiger partial charge in [-0.25, -0.2) is 0 Å². The second-order valence-corrected chi connectivity index (χ2v) is 2.90. The molecule has 1 heterocycles. The maximum Gasteiger partial charge on any atom is 0.244 e. The molecule has 1 aliphatic heterocycles. The molecule has 0 atom stereocenters. The van der Waals surface area contributed by atoms with E-state index in [0.717, 1.165) is 11.1 Å². The second-order valence-electron chi connectivity index (χ2n) is 2.34. The lowest BCUT2D eigenvalue weighted by molar-refractivity contribution is -0.115. The summed E-state index contributed by atoms with van der Waals surface area (Å²) in [5.41, 5.74) is 0. The van der Waals surface area contributed by atoms with Gasteiger partial charge in [-0.05, 0) is 0 Å². The van der Waals surface area contributed by atoms with Crippen molar-refractivity contribution in [1.29, 1.82) is 0 Å². The highest BCUT2D eigenvalue weighted by atomic mass is 79.9. The molecule has 9 heavy (non-hydrogen) atoms. The van der Waals surface area contributed by atoms with Gasteiger partial charge >= 0.3 is 0 Å². The van der Waals surface area contributed by atoms with Gasteiger partial charge in [-0.15, -0.1) is 0 Å². The average molecular weight is 193 g/mol. The summed E-state index contributed by atoms with van der Waals surface area (Å²) in [4.78, 5) is 0. The van der Waals surface area contributed by atoms with Crippen molar-refractivity contribution in [2.24, 2.45) is 0 Å². The van der Waals surface area contributed by atoms with Gasteiger partial charge in [0.15, 0.2) is 0 Å². The van der Waals surface area contributed by atoms with Crippen LogP contribution in [0.3, 0.4) is 0 Å². The van der Waals surface area contributed by atoms with Crippen molar-refractivity contribution in [2.45, 2.75) is 19.6 Å². The molecular formula is C6H9BrO2. The van der Waals surface area contributed by atoms with Crippen LogP contribution in [-0.2, 0) is 9.47 Å². The van der Waals surface area contributed by atoms with Crippen LogP contribution in [0.15, 0.2) is 12.0 Å². The molecule has 0 aliphatic carbocycles. The first-order valence-corrected chi connectivity index (χ1v) is 3.88. The number of ether oxygens (including phenoxy) is 2. The van der Waals surface area contributed by atoms with Crippen LogP contribution in [-0.4, -0.2) is 11.1 Å². The normalized spacial score (nSPS) is 22.3. The fourth-order valence-corrected chi connectivity index (χ4v) is 0.877. The van der Waals surface area contributed by atoms with Gasteiger partial charge in [-0.1, -0.05) is 15.9 Å². The number of hydrogen-bond donors (Lipinski definition) is 0. The van der Waals surface area contributed by atoms with Crippen LogP contribution in [0.1, 0.15) is 13.8 Å². The molecule has 0 aromatic rings. The molecule has 0 bridgehead atoms. The van der Waals surface area contributed by atoms with E-state index in [1.807, 2.05) is 13.8 Å². The molecule has 0 aromatic carbocycles. The van der Waals surface area contributed by atoms with Crippen LogP contribution in [0.2, 0.25) is 0 Å². The molecule has 0 unspecified atom stereocenters. The highest BCUT2D eigenvalue weighted by Crippen LogP contribution is 2.24. The van der Waals surface area contributed by atoms with Gasteiger partial charge in [0.1, 0.15) is 12.0 Å². The molecule has 1 aliphatic rings. The van der Waals surface area contributed by atoms with E-state index in [0.29, 0.717) is 0 Å². The number of hydrogen-bond acceptors (Lipinski definition) is 2. The Bertz CT molecular complexity index is 140. The Labute approximate surface area is 63.0 Å². The van der Waals surface area contributed by atoms with Crippen molar-refractivity contribution in [1.82, 2.24) is 0 Å². The minimum absolute atomic E-state index is 0.455. The largest absolute Gasteiger partial charge is 0.457 e. The van der Waals surface area contributed by atoms with Gasteiger partial charge in [0.2, 0.25) is 5.79 Å². The van der Waals surface area contributed by atoms with E-state index in [2.05, 4.69) is 15.9 Å². The Morgan fingerprint density at radius 1 is 1.67 bits per heavy atom. The molecule has 3 heteroatoms. The zero-order valence-corrected chi connectivity index (χ0v) is 7.06. The third kappa shape index (κ3) is 1.61. The monoisotopic (exact) mass is 192 g/mol. The number of alkyl halides is 1. The summed E-state index contributed by atoms with van der Waals surface area (Å²) in [5, 5.41) is 0.719. The molecule has 2 nitrogen and oxygen atoms in total. The minimum Gasteiger partial charge on any atom is -0.457 e. The van der Waals surface area contributed by atoms with Crippen LogP contribution in [0.4, 0.5) is 0 Å². The van der Waals surface area contributed by atoms with Crippen molar-refractivity contribution in [2.75, 3.05) is 5.33 Å². The van der Waals surface area contributed by atoms with E-state index >= 15 is 0 Å². The standard InChI is InChI=1S/C6H9BrO2/c1-6(2)8-4-5(3-7)9-6/h4H,3H2,1-2H3. The Balaban J connectivity index is 2.50. The molecule has 0 fully saturated rings. The SMILES string of the molecule is CC1(C)OC=C(CBr)O1. The molecule has 0 amide bonds. The first-order valence-electron chi connectivity index (χ1n) is 2.76. The maximum atomic E-state index is 5.29. The minimum atomic E-state index is -0.455. The van der Waals surface area contributed by atoms with E-state index in [1.54, 1.807) is 6.26 Å². The van der Waals surface area contributed by atoms with E-state index in [9.17, 15) is 0 Å². The third-order valence-corrected chi connectivity index (χ3v) is 1.54. The Hall–Kier alpha value is -0.180. The summed E-state index contributed by atoms with van der Waals surface area (Å²) < 4.78 is 10.4. The summed E-state index contributed by atoms with van der Waals surface area (Å²) in [5.74, 6) is 0.392. The first kappa shape index (κ1) is 6.93. The van der Waals surface area contributed by atoms with Gasteiger partial charge in [0.05, 0.1) is 5.33 Å². The Kier molecular flexibility index (Phi) is 1.70. The lowest BCUT2D eigenvalue weighted by Crippen LogP contribution is -2.20. The molecule has 0 saturated heterocycles. The molecule has 1 rings (SSSR count). The maximum absolute atomic E-state index is 5.29. The second kappa shape index (κ2) is 2.21. The topological polar surface area (TPSA) is 18.5 Å². The molecule has 52 valence electrons. The number of rotatable bonds is 1. The van der Waals surface area contributed by atoms with Crippen molar-refractivity contribution in [3.8, 4) is 0 Å². The molecule has 0 N–H and O–H groups in total.